The molecule has 0 unspecified atom stereocenters. The van der Waals surface area contributed by atoms with Gasteiger partial charge in [-0.1, -0.05) is 61.2 Å². The lowest BCUT2D eigenvalue weighted by Crippen LogP contribution is -2.36. The smallest absolute Gasteiger partial charge is 0.258 e. The number of ether oxygens (including phenoxy) is 1. The number of benzene rings is 2. The standard InChI is InChI=1S/C24H31ClN2O4S/c1-18(12-13-19-8-4-2-5-9-19)26-24(28)17-31-23-15-14-21(16-22(23)25)32(29,30)27-20-10-6-3-7-11-20/h2,4-5,8-9,14-16,18,20,27H,3,6-7,10-13,17H2,1H3,(H,26,28)/t18-/m1/s1. The van der Waals surface area contributed by atoms with Crippen molar-refractivity contribution in [2.24, 2.45) is 0 Å². The fourth-order valence-electron chi connectivity index (χ4n) is 3.83. The van der Waals surface area contributed by atoms with E-state index in [-0.39, 0.29) is 40.3 Å². The van der Waals surface area contributed by atoms with E-state index in [2.05, 4.69) is 22.2 Å². The number of carbonyl (C=O) groups is 1. The summed E-state index contributed by atoms with van der Waals surface area (Å²) < 4.78 is 33.6. The zero-order valence-corrected chi connectivity index (χ0v) is 19.9. The highest BCUT2D eigenvalue weighted by Gasteiger charge is 2.22. The van der Waals surface area contributed by atoms with Gasteiger partial charge in [0.2, 0.25) is 10.0 Å². The molecule has 2 aromatic carbocycles. The van der Waals surface area contributed by atoms with Crippen LogP contribution in [0.25, 0.3) is 0 Å². The highest BCUT2D eigenvalue weighted by molar-refractivity contribution is 7.89. The van der Waals surface area contributed by atoms with Crippen molar-refractivity contribution in [3.63, 3.8) is 0 Å². The highest BCUT2D eigenvalue weighted by Crippen LogP contribution is 2.28. The van der Waals surface area contributed by atoms with Crippen LogP contribution in [-0.4, -0.2) is 33.0 Å². The summed E-state index contributed by atoms with van der Waals surface area (Å²) in [6.45, 7) is 1.76. The largest absolute Gasteiger partial charge is 0.482 e. The van der Waals surface area contributed by atoms with Gasteiger partial charge in [0, 0.05) is 12.1 Å². The Labute approximate surface area is 195 Å². The molecular formula is C24H31ClN2O4S. The first-order valence-corrected chi connectivity index (χ1v) is 13.0. The first-order chi connectivity index (χ1) is 15.3. The first kappa shape index (κ1) is 24.6. The van der Waals surface area contributed by atoms with Crippen LogP contribution in [0.1, 0.15) is 51.0 Å². The molecule has 174 valence electrons. The first-order valence-electron chi connectivity index (χ1n) is 11.1. The summed E-state index contributed by atoms with van der Waals surface area (Å²) in [5.41, 5.74) is 1.23. The molecule has 0 bridgehead atoms. The van der Waals surface area contributed by atoms with Crippen LogP contribution in [0.4, 0.5) is 0 Å². The second-order valence-corrected chi connectivity index (χ2v) is 10.5. The molecule has 1 atom stereocenters. The average Bonchev–Trinajstić information content (AvgIpc) is 2.78. The summed E-state index contributed by atoms with van der Waals surface area (Å²) in [6.07, 6.45) is 6.62. The van der Waals surface area contributed by atoms with E-state index < -0.39 is 10.0 Å². The lowest BCUT2D eigenvalue weighted by atomic mass is 9.96. The van der Waals surface area contributed by atoms with Gasteiger partial charge in [0.1, 0.15) is 5.75 Å². The quantitative estimate of drug-likeness (QED) is 0.527. The number of amides is 1. The van der Waals surface area contributed by atoms with Crippen LogP contribution in [0, 0.1) is 0 Å². The van der Waals surface area contributed by atoms with Crippen LogP contribution < -0.4 is 14.8 Å². The van der Waals surface area contributed by atoms with Gasteiger partial charge in [0.05, 0.1) is 9.92 Å². The van der Waals surface area contributed by atoms with Crippen LogP contribution in [0.15, 0.2) is 53.4 Å². The SMILES string of the molecule is C[C@H](CCc1ccccc1)NC(=O)COc1ccc(S(=O)(=O)NC2CCCCC2)cc1Cl. The van der Waals surface area contributed by atoms with Crippen molar-refractivity contribution < 1.29 is 17.9 Å². The maximum Gasteiger partial charge on any atom is 0.258 e. The van der Waals surface area contributed by atoms with E-state index in [0.717, 1.165) is 44.9 Å². The Bertz CT molecular complexity index is 992. The zero-order valence-electron chi connectivity index (χ0n) is 18.3. The van der Waals surface area contributed by atoms with E-state index in [4.69, 9.17) is 16.3 Å². The van der Waals surface area contributed by atoms with Crippen molar-refractivity contribution in [2.45, 2.75) is 68.8 Å². The molecule has 1 amide bonds. The molecule has 2 aromatic rings. The number of hydrogen-bond donors (Lipinski definition) is 2. The molecule has 2 N–H and O–H groups in total. The van der Waals surface area contributed by atoms with Gasteiger partial charge in [0.25, 0.3) is 5.91 Å². The topological polar surface area (TPSA) is 84.5 Å². The molecule has 1 aliphatic rings. The summed E-state index contributed by atoms with van der Waals surface area (Å²) in [7, 11) is -3.64. The van der Waals surface area contributed by atoms with Gasteiger partial charge in [-0.05, 0) is 56.4 Å². The predicted octanol–water partition coefficient (Wildman–Crippen LogP) is 4.47. The second-order valence-electron chi connectivity index (χ2n) is 8.33. The van der Waals surface area contributed by atoms with Gasteiger partial charge in [-0.25, -0.2) is 13.1 Å². The monoisotopic (exact) mass is 478 g/mol. The lowest BCUT2D eigenvalue weighted by Gasteiger charge is -2.22. The lowest BCUT2D eigenvalue weighted by molar-refractivity contribution is -0.123. The molecule has 1 fully saturated rings. The van der Waals surface area contributed by atoms with Crippen molar-refractivity contribution in [1.82, 2.24) is 10.0 Å². The van der Waals surface area contributed by atoms with Gasteiger partial charge in [-0.2, -0.15) is 0 Å². The van der Waals surface area contributed by atoms with Gasteiger partial charge >= 0.3 is 0 Å². The molecule has 0 radical (unpaired) electrons. The Morgan fingerprint density at radius 2 is 1.84 bits per heavy atom. The number of aryl methyl sites for hydroxylation is 1. The molecule has 0 aromatic heterocycles. The number of nitrogens with one attached hydrogen (secondary N) is 2. The molecule has 3 rings (SSSR count). The van der Waals surface area contributed by atoms with E-state index in [1.165, 1.54) is 23.8 Å². The normalized spacial score (nSPS) is 15.8. The van der Waals surface area contributed by atoms with Gasteiger partial charge in [0.15, 0.2) is 6.61 Å². The van der Waals surface area contributed by atoms with Crippen molar-refractivity contribution in [1.29, 1.82) is 0 Å². The fourth-order valence-corrected chi connectivity index (χ4v) is 5.46. The minimum Gasteiger partial charge on any atom is -0.482 e. The molecular weight excluding hydrogens is 448 g/mol. The fraction of sp³-hybridized carbons (Fsp3) is 0.458. The third-order valence-corrected chi connectivity index (χ3v) is 7.43. The van der Waals surface area contributed by atoms with Crippen molar-refractivity contribution >= 4 is 27.5 Å². The molecule has 0 spiro atoms. The van der Waals surface area contributed by atoms with Crippen molar-refractivity contribution in [3.05, 3.63) is 59.1 Å². The van der Waals surface area contributed by atoms with E-state index in [1.54, 1.807) is 0 Å². The maximum atomic E-state index is 12.6. The van der Waals surface area contributed by atoms with E-state index in [1.807, 2.05) is 25.1 Å². The summed E-state index contributed by atoms with van der Waals surface area (Å²) >= 11 is 6.24. The Balaban J connectivity index is 1.48. The van der Waals surface area contributed by atoms with Crippen LogP contribution >= 0.6 is 11.6 Å². The van der Waals surface area contributed by atoms with Gasteiger partial charge < -0.3 is 10.1 Å². The number of sulfonamides is 1. The van der Waals surface area contributed by atoms with Crippen molar-refractivity contribution in [2.75, 3.05) is 6.61 Å². The van der Waals surface area contributed by atoms with Crippen LogP contribution in [0.5, 0.6) is 5.75 Å². The second kappa shape index (κ2) is 11.7. The van der Waals surface area contributed by atoms with Crippen LogP contribution in [0.2, 0.25) is 5.02 Å². The van der Waals surface area contributed by atoms with Crippen LogP contribution in [0.3, 0.4) is 0 Å². The predicted molar refractivity (Wildman–Crippen MR) is 127 cm³/mol. The molecule has 0 saturated heterocycles. The molecule has 8 heteroatoms. The van der Waals surface area contributed by atoms with E-state index in [0.29, 0.717) is 0 Å². The average molecular weight is 479 g/mol. The van der Waals surface area contributed by atoms with E-state index in [9.17, 15) is 13.2 Å². The molecule has 1 aliphatic carbocycles. The summed E-state index contributed by atoms with van der Waals surface area (Å²) in [5, 5.41) is 3.06. The van der Waals surface area contributed by atoms with Crippen molar-refractivity contribution in [3.8, 4) is 5.75 Å². The highest BCUT2D eigenvalue weighted by atomic mass is 35.5. The van der Waals surface area contributed by atoms with Gasteiger partial charge in [-0.15, -0.1) is 0 Å². The Morgan fingerprint density at radius 1 is 1.12 bits per heavy atom. The number of rotatable bonds is 10. The third kappa shape index (κ3) is 7.50. The van der Waals surface area contributed by atoms with Gasteiger partial charge in [-0.3, -0.25) is 4.79 Å². The zero-order chi connectivity index (χ0) is 23.0. The van der Waals surface area contributed by atoms with Crippen LogP contribution in [-0.2, 0) is 21.2 Å². The number of carbonyl (C=O) groups excluding carboxylic acids is 1. The molecule has 0 heterocycles. The molecule has 1 saturated carbocycles. The maximum absolute atomic E-state index is 12.6. The van der Waals surface area contributed by atoms with E-state index >= 15 is 0 Å². The minimum atomic E-state index is -3.64. The summed E-state index contributed by atoms with van der Waals surface area (Å²) in [4.78, 5) is 12.3. The Morgan fingerprint density at radius 3 is 2.53 bits per heavy atom. The molecule has 32 heavy (non-hydrogen) atoms. The Hall–Kier alpha value is -2.09. The summed E-state index contributed by atoms with van der Waals surface area (Å²) in [5.74, 6) is 0.0210. The minimum absolute atomic E-state index is 0.000147. The molecule has 0 aliphatic heterocycles. The number of halogens is 1. The molecule has 6 nitrogen and oxygen atoms in total. The summed E-state index contributed by atoms with van der Waals surface area (Å²) in [6, 6.07) is 14.4. The number of hydrogen-bond acceptors (Lipinski definition) is 4. The third-order valence-electron chi connectivity index (χ3n) is 5.62. The Kier molecular flexibility index (Phi) is 8.96.